The van der Waals surface area contributed by atoms with Crippen LogP contribution in [-0.4, -0.2) is 14.3 Å². The number of nitrogen functional groups attached to an aromatic ring is 1. The van der Waals surface area contributed by atoms with Gasteiger partial charge in [-0.05, 0) is 12.1 Å². The van der Waals surface area contributed by atoms with Crippen molar-refractivity contribution in [3.05, 3.63) is 24.5 Å². The molecule has 0 atom stereocenters. The average molecular weight is 176 g/mol. The molecule has 0 saturated carbocycles. The Morgan fingerprint density at radius 3 is 2.62 bits per heavy atom. The van der Waals surface area contributed by atoms with E-state index in [-0.39, 0.29) is 0 Å². The molecule has 2 aromatic heterocycles. The molecule has 2 aromatic rings. The van der Waals surface area contributed by atoms with E-state index in [1.54, 1.807) is 10.9 Å². The lowest BCUT2D eigenvalue weighted by Gasteiger charge is -2.01. The normalized spacial score (nSPS) is 10.6. The van der Waals surface area contributed by atoms with E-state index in [4.69, 9.17) is 5.73 Å². The van der Waals surface area contributed by atoms with Crippen LogP contribution in [0.25, 0.3) is 11.3 Å². The lowest BCUT2D eigenvalue weighted by atomic mass is 10.2. The van der Waals surface area contributed by atoms with Gasteiger partial charge < -0.3 is 10.3 Å². The first kappa shape index (κ1) is 7.91. The van der Waals surface area contributed by atoms with Crippen LogP contribution in [0.15, 0.2) is 24.5 Å². The molecule has 68 valence electrons. The molecular formula is C9H12N4. The number of aromatic nitrogens is 3. The van der Waals surface area contributed by atoms with Crippen molar-refractivity contribution in [2.45, 2.75) is 0 Å². The van der Waals surface area contributed by atoms with Crippen LogP contribution in [0, 0.1) is 0 Å². The summed E-state index contributed by atoms with van der Waals surface area (Å²) in [5.74, 6) is 0.696. The van der Waals surface area contributed by atoms with E-state index in [1.165, 1.54) is 0 Å². The highest BCUT2D eigenvalue weighted by molar-refractivity contribution is 5.70. The Labute approximate surface area is 76.6 Å². The van der Waals surface area contributed by atoms with Gasteiger partial charge in [0.15, 0.2) is 0 Å². The number of rotatable bonds is 1. The van der Waals surface area contributed by atoms with Crippen molar-refractivity contribution in [1.29, 1.82) is 0 Å². The lowest BCUT2D eigenvalue weighted by molar-refractivity contribution is 0.779. The number of anilines is 1. The summed E-state index contributed by atoms with van der Waals surface area (Å²) in [5, 5.41) is 4.09. The fourth-order valence-electron chi connectivity index (χ4n) is 1.39. The molecule has 0 aromatic carbocycles. The zero-order chi connectivity index (χ0) is 9.42. The van der Waals surface area contributed by atoms with Crippen LogP contribution in [0.5, 0.6) is 0 Å². The molecule has 2 N–H and O–H groups in total. The molecule has 0 radical (unpaired) electrons. The van der Waals surface area contributed by atoms with Gasteiger partial charge in [-0.3, -0.25) is 4.68 Å². The van der Waals surface area contributed by atoms with Gasteiger partial charge in [0.05, 0.1) is 17.5 Å². The maximum absolute atomic E-state index is 5.85. The average Bonchev–Trinajstić information content (AvgIpc) is 2.62. The predicted octanol–water partition coefficient (Wildman–Crippen LogP) is 1.01. The van der Waals surface area contributed by atoms with E-state index in [0.29, 0.717) is 5.82 Å². The van der Waals surface area contributed by atoms with Crippen LogP contribution in [0.2, 0.25) is 0 Å². The first-order valence-corrected chi connectivity index (χ1v) is 4.09. The van der Waals surface area contributed by atoms with Crippen LogP contribution < -0.4 is 5.73 Å². The van der Waals surface area contributed by atoms with Crippen LogP contribution in [0.1, 0.15) is 0 Å². The highest BCUT2D eigenvalue weighted by Crippen LogP contribution is 2.24. The fourth-order valence-corrected chi connectivity index (χ4v) is 1.39. The number of nitrogens with zero attached hydrogens (tertiary/aromatic N) is 3. The molecule has 0 unspecified atom stereocenters. The fraction of sp³-hybridized carbons (Fsp3) is 0.222. The minimum Gasteiger partial charge on any atom is -0.383 e. The molecule has 2 rings (SSSR count). The summed E-state index contributed by atoms with van der Waals surface area (Å²) >= 11 is 0. The van der Waals surface area contributed by atoms with Crippen LogP contribution >= 0.6 is 0 Å². The molecule has 0 aliphatic rings. The van der Waals surface area contributed by atoms with Crippen molar-refractivity contribution >= 4 is 5.82 Å². The molecule has 4 nitrogen and oxygen atoms in total. The van der Waals surface area contributed by atoms with Gasteiger partial charge >= 0.3 is 0 Å². The molecule has 4 heteroatoms. The first-order valence-electron chi connectivity index (χ1n) is 4.09. The maximum Gasteiger partial charge on any atom is 0.130 e. The van der Waals surface area contributed by atoms with Crippen molar-refractivity contribution in [3.63, 3.8) is 0 Å². The second-order valence-corrected chi connectivity index (χ2v) is 3.07. The maximum atomic E-state index is 5.85. The summed E-state index contributed by atoms with van der Waals surface area (Å²) in [5.41, 5.74) is 7.92. The van der Waals surface area contributed by atoms with Gasteiger partial charge in [0.1, 0.15) is 5.82 Å². The van der Waals surface area contributed by atoms with E-state index in [1.807, 2.05) is 37.0 Å². The highest BCUT2D eigenvalue weighted by atomic mass is 15.3. The summed E-state index contributed by atoms with van der Waals surface area (Å²) in [4.78, 5) is 0. The van der Waals surface area contributed by atoms with E-state index in [9.17, 15) is 0 Å². The third-order valence-corrected chi connectivity index (χ3v) is 2.20. The summed E-state index contributed by atoms with van der Waals surface area (Å²) in [6, 6.07) is 4.01. The smallest absolute Gasteiger partial charge is 0.130 e. The van der Waals surface area contributed by atoms with Crippen LogP contribution in [0.3, 0.4) is 0 Å². The number of nitrogens with two attached hydrogens (primary N) is 1. The van der Waals surface area contributed by atoms with E-state index < -0.39 is 0 Å². The molecular weight excluding hydrogens is 164 g/mol. The molecule has 13 heavy (non-hydrogen) atoms. The van der Waals surface area contributed by atoms with E-state index in [0.717, 1.165) is 11.3 Å². The lowest BCUT2D eigenvalue weighted by Crippen LogP contribution is -1.99. The molecule has 0 saturated heterocycles. The second-order valence-electron chi connectivity index (χ2n) is 3.07. The van der Waals surface area contributed by atoms with Crippen molar-refractivity contribution in [1.82, 2.24) is 14.3 Å². The van der Waals surface area contributed by atoms with Crippen molar-refractivity contribution in [3.8, 4) is 11.3 Å². The summed E-state index contributed by atoms with van der Waals surface area (Å²) < 4.78 is 3.69. The Bertz CT molecular complexity index is 425. The number of hydrogen-bond acceptors (Lipinski definition) is 2. The summed E-state index contributed by atoms with van der Waals surface area (Å²) in [7, 11) is 3.82. The summed E-state index contributed by atoms with van der Waals surface area (Å²) in [6.45, 7) is 0. The monoisotopic (exact) mass is 176 g/mol. The van der Waals surface area contributed by atoms with Gasteiger partial charge in [0.25, 0.3) is 0 Å². The molecule has 0 amide bonds. The van der Waals surface area contributed by atoms with E-state index in [2.05, 4.69) is 5.10 Å². The Balaban J connectivity index is 2.59. The molecule has 0 spiro atoms. The zero-order valence-electron chi connectivity index (χ0n) is 7.73. The first-order chi connectivity index (χ1) is 6.20. The topological polar surface area (TPSA) is 48.8 Å². The van der Waals surface area contributed by atoms with E-state index >= 15 is 0 Å². The minimum atomic E-state index is 0.696. The largest absolute Gasteiger partial charge is 0.383 e. The van der Waals surface area contributed by atoms with Crippen molar-refractivity contribution in [2.75, 3.05) is 5.73 Å². The number of hydrogen-bond donors (Lipinski definition) is 1. The highest BCUT2D eigenvalue weighted by Gasteiger charge is 2.08. The van der Waals surface area contributed by atoms with Gasteiger partial charge in [0.2, 0.25) is 0 Å². The summed E-state index contributed by atoms with van der Waals surface area (Å²) in [6.07, 6.45) is 3.77. The zero-order valence-corrected chi connectivity index (χ0v) is 7.73. The molecule has 2 heterocycles. The third kappa shape index (κ3) is 1.11. The van der Waals surface area contributed by atoms with Gasteiger partial charge in [-0.1, -0.05) is 0 Å². The Kier molecular flexibility index (Phi) is 1.62. The standard InChI is InChI=1S/C9H12N4/c1-12-5-3-4-8(12)7-6-11-13(2)9(7)10/h3-6H,10H2,1-2H3. The SMILES string of the molecule is Cn1cccc1-c1cnn(C)c1N. The van der Waals surface area contributed by atoms with Crippen molar-refractivity contribution in [2.24, 2.45) is 14.1 Å². The minimum absolute atomic E-state index is 0.696. The van der Waals surface area contributed by atoms with Gasteiger partial charge in [0, 0.05) is 20.3 Å². The third-order valence-electron chi connectivity index (χ3n) is 2.20. The van der Waals surface area contributed by atoms with Gasteiger partial charge in [-0.2, -0.15) is 5.10 Å². The second kappa shape index (κ2) is 2.65. The quantitative estimate of drug-likeness (QED) is 0.704. The van der Waals surface area contributed by atoms with Crippen LogP contribution in [0.4, 0.5) is 5.82 Å². The Morgan fingerprint density at radius 1 is 1.38 bits per heavy atom. The number of aryl methyl sites for hydroxylation is 2. The Morgan fingerprint density at radius 2 is 2.15 bits per heavy atom. The molecule has 0 fully saturated rings. The molecule has 0 aliphatic heterocycles. The predicted molar refractivity (Wildman–Crippen MR) is 52.0 cm³/mol. The van der Waals surface area contributed by atoms with Gasteiger partial charge in [-0.25, -0.2) is 0 Å². The van der Waals surface area contributed by atoms with Crippen molar-refractivity contribution < 1.29 is 0 Å². The van der Waals surface area contributed by atoms with Gasteiger partial charge in [-0.15, -0.1) is 0 Å². The Hall–Kier alpha value is -1.71. The van der Waals surface area contributed by atoms with Crippen LogP contribution in [-0.2, 0) is 14.1 Å². The molecule has 0 bridgehead atoms. The molecule has 0 aliphatic carbocycles.